The van der Waals surface area contributed by atoms with Gasteiger partial charge in [-0.05, 0) is 34.5 Å². The molecule has 0 aliphatic heterocycles. The highest BCUT2D eigenvalue weighted by atomic mass is 79.9. The van der Waals surface area contributed by atoms with Gasteiger partial charge in [-0.1, -0.05) is 11.6 Å². The Labute approximate surface area is 116 Å². The molecule has 0 saturated heterocycles. The lowest BCUT2D eigenvalue weighted by atomic mass is 10.0. The zero-order valence-corrected chi connectivity index (χ0v) is 11.7. The van der Waals surface area contributed by atoms with Crippen LogP contribution in [-0.4, -0.2) is 18.4 Å². The number of hydrogen-bond acceptors (Lipinski definition) is 2. The molecule has 102 valence electrons. The lowest BCUT2D eigenvalue weighted by molar-refractivity contribution is -0.140. The fourth-order valence-electron chi connectivity index (χ4n) is 1.50. The Morgan fingerprint density at radius 3 is 2.56 bits per heavy atom. The van der Waals surface area contributed by atoms with Gasteiger partial charge in [-0.2, -0.15) is 13.2 Å². The molecule has 0 aliphatic rings. The van der Waals surface area contributed by atoms with Crippen LogP contribution in [0.4, 0.5) is 13.2 Å². The Balaban J connectivity index is 2.94. The minimum Gasteiger partial charge on any atom is -0.495 e. The molecule has 1 aromatic carbocycles. The highest BCUT2D eigenvalue weighted by Crippen LogP contribution is 2.38. The molecular weight excluding hydrogens is 336 g/mol. The first-order valence-corrected chi connectivity index (χ1v) is 6.19. The largest absolute Gasteiger partial charge is 0.495 e. The van der Waals surface area contributed by atoms with Gasteiger partial charge in [0.15, 0.2) is 0 Å². The van der Waals surface area contributed by atoms with Crippen molar-refractivity contribution in [3.63, 3.8) is 0 Å². The molecule has 7 heteroatoms. The van der Waals surface area contributed by atoms with E-state index < -0.39 is 25.1 Å². The van der Waals surface area contributed by atoms with Crippen molar-refractivity contribution in [1.82, 2.24) is 0 Å². The molecule has 1 unspecified atom stereocenters. The standard InChI is InChI=1S/C11H11BrClF3O2/c1-18-10-7(4-6(13)5-8(10)12)9(17)2-3-11(14,15)16/h4-5,9,17H,2-3H2,1H3. The summed E-state index contributed by atoms with van der Waals surface area (Å²) in [7, 11) is 1.37. The van der Waals surface area contributed by atoms with Crippen LogP contribution < -0.4 is 4.74 Å². The molecule has 1 aromatic rings. The number of hydrogen-bond donors (Lipinski definition) is 1. The molecule has 2 nitrogen and oxygen atoms in total. The van der Waals surface area contributed by atoms with Crippen molar-refractivity contribution in [3.05, 3.63) is 27.2 Å². The fraction of sp³-hybridized carbons (Fsp3) is 0.455. The van der Waals surface area contributed by atoms with Gasteiger partial charge in [-0.3, -0.25) is 0 Å². The number of benzene rings is 1. The number of aliphatic hydroxyl groups excluding tert-OH is 1. The van der Waals surface area contributed by atoms with Crippen LogP contribution in [0.1, 0.15) is 24.5 Å². The van der Waals surface area contributed by atoms with Gasteiger partial charge in [0.1, 0.15) is 5.75 Å². The second-order valence-electron chi connectivity index (χ2n) is 3.68. The summed E-state index contributed by atoms with van der Waals surface area (Å²) in [5, 5.41) is 10.1. The molecule has 18 heavy (non-hydrogen) atoms. The number of alkyl halides is 3. The van der Waals surface area contributed by atoms with Crippen molar-refractivity contribution in [3.8, 4) is 5.75 Å². The summed E-state index contributed by atoms with van der Waals surface area (Å²) in [6.45, 7) is 0. The van der Waals surface area contributed by atoms with Crippen molar-refractivity contribution in [2.75, 3.05) is 7.11 Å². The lowest BCUT2D eigenvalue weighted by Crippen LogP contribution is -2.10. The van der Waals surface area contributed by atoms with E-state index in [1.54, 1.807) is 6.07 Å². The van der Waals surface area contributed by atoms with Gasteiger partial charge in [0.2, 0.25) is 0 Å². The summed E-state index contributed by atoms with van der Waals surface area (Å²) in [6, 6.07) is 2.94. The number of ether oxygens (including phenoxy) is 1. The first kappa shape index (κ1) is 15.6. The van der Waals surface area contributed by atoms with E-state index in [-0.39, 0.29) is 11.3 Å². The Morgan fingerprint density at radius 1 is 1.44 bits per heavy atom. The third-order valence-electron chi connectivity index (χ3n) is 2.30. The van der Waals surface area contributed by atoms with Crippen molar-refractivity contribution in [1.29, 1.82) is 0 Å². The van der Waals surface area contributed by atoms with E-state index in [2.05, 4.69) is 15.9 Å². The highest BCUT2D eigenvalue weighted by molar-refractivity contribution is 9.10. The van der Waals surface area contributed by atoms with Crippen LogP contribution in [0.3, 0.4) is 0 Å². The van der Waals surface area contributed by atoms with E-state index in [1.165, 1.54) is 13.2 Å². The molecule has 0 heterocycles. The predicted molar refractivity (Wildman–Crippen MR) is 66.0 cm³/mol. The minimum absolute atomic E-state index is 0.237. The van der Waals surface area contributed by atoms with Crippen LogP contribution in [0.2, 0.25) is 5.02 Å². The van der Waals surface area contributed by atoms with Crippen molar-refractivity contribution in [2.24, 2.45) is 0 Å². The molecule has 1 rings (SSSR count). The van der Waals surface area contributed by atoms with E-state index in [4.69, 9.17) is 16.3 Å². The smallest absolute Gasteiger partial charge is 0.389 e. The van der Waals surface area contributed by atoms with Gasteiger partial charge >= 0.3 is 6.18 Å². The zero-order valence-electron chi connectivity index (χ0n) is 9.39. The summed E-state index contributed by atoms with van der Waals surface area (Å²) in [4.78, 5) is 0. The van der Waals surface area contributed by atoms with E-state index >= 15 is 0 Å². The van der Waals surface area contributed by atoms with Gasteiger partial charge in [0, 0.05) is 17.0 Å². The van der Waals surface area contributed by atoms with Gasteiger partial charge in [0.25, 0.3) is 0 Å². The molecule has 0 radical (unpaired) electrons. The van der Waals surface area contributed by atoms with Crippen LogP contribution >= 0.6 is 27.5 Å². The van der Waals surface area contributed by atoms with Crippen molar-refractivity contribution in [2.45, 2.75) is 25.1 Å². The monoisotopic (exact) mass is 346 g/mol. The predicted octanol–water partition coefficient (Wildman–Crippen LogP) is 4.49. The Kier molecular flexibility index (Phi) is 5.31. The number of rotatable bonds is 4. The maximum atomic E-state index is 12.1. The average molecular weight is 348 g/mol. The molecular formula is C11H11BrClF3O2. The normalized spacial score (nSPS) is 13.5. The molecule has 0 fully saturated rings. The summed E-state index contributed by atoms with van der Waals surface area (Å²) < 4.78 is 41.8. The van der Waals surface area contributed by atoms with E-state index in [0.717, 1.165) is 0 Å². The van der Waals surface area contributed by atoms with Crippen LogP contribution in [0.5, 0.6) is 5.75 Å². The van der Waals surface area contributed by atoms with Crippen LogP contribution in [0.25, 0.3) is 0 Å². The van der Waals surface area contributed by atoms with Gasteiger partial charge in [-0.25, -0.2) is 0 Å². The first-order chi connectivity index (χ1) is 8.24. The molecule has 0 bridgehead atoms. The Morgan fingerprint density at radius 2 is 2.06 bits per heavy atom. The van der Waals surface area contributed by atoms with Crippen LogP contribution in [0.15, 0.2) is 16.6 Å². The number of halogens is 5. The maximum absolute atomic E-state index is 12.1. The highest BCUT2D eigenvalue weighted by Gasteiger charge is 2.29. The van der Waals surface area contributed by atoms with E-state index in [1.807, 2.05) is 0 Å². The molecule has 0 amide bonds. The summed E-state index contributed by atoms with van der Waals surface area (Å²) in [5.41, 5.74) is 0.237. The number of aliphatic hydroxyl groups is 1. The average Bonchev–Trinajstić information content (AvgIpc) is 2.24. The maximum Gasteiger partial charge on any atom is 0.389 e. The summed E-state index contributed by atoms with van der Waals surface area (Å²) in [6.07, 6.45) is -7.09. The zero-order chi connectivity index (χ0) is 13.9. The SMILES string of the molecule is COc1c(Br)cc(Cl)cc1C(O)CCC(F)(F)F. The molecule has 0 saturated carbocycles. The third-order valence-corrected chi connectivity index (χ3v) is 3.11. The summed E-state index contributed by atoms with van der Waals surface area (Å²) >= 11 is 8.97. The number of methoxy groups -OCH3 is 1. The lowest BCUT2D eigenvalue weighted by Gasteiger charge is -2.17. The molecule has 0 aromatic heterocycles. The molecule has 1 N–H and O–H groups in total. The van der Waals surface area contributed by atoms with Crippen molar-refractivity contribution >= 4 is 27.5 Å². The molecule has 1 atom stereocenters. The van der Waals surface area contributed by atoms with Crippen LogP contribution in [-0.2, 0) is 0 Å². The minimum atomic E-state index is -4.30. The second-order valence-corrected chi connectivity index (χ2v) is 4.97. The molecule has 0 aliphatic carbocycles. The van der Waals surface area contributed by atoms with Crippen molar-refractivity contribution < 1.29 is 23.0 Å². The molecule has 0 spiro atoms. The van der Waals surface area contributed by atoms with Crippen LogP contribution in [0, 0.1) is 0 Å². The topological polar surface area (TPSA) is 29.5 Å². The quantitative estimate of drug-likeness (QED) is 0.870. The summed E-state index contributed by atoms with van der Waals surface area (Å²) in [5.74, 6) is 0.286. The van der Waals surface area contributed by atoms with E-state index in [0.29, 0.717) is 9.50 Å². The van der Waals surface area contributed by atoms with Gasteiger partial charge in [-0.15, -0.1) is 0 Å². The first-order valence-electron chi connectivity index (χ1n) is 5.02. The Bertz CT molecular complexity index is 423. The fourth-order valence-corrected chi connectivity index (χ4v) is 2.49. The Hall–Kier alpha value is -0.460. The van der Waals surface area contributed by atoms with E-state index in [9.17, 15) is 18.3 Å². The van der Waals surface area contributed by atoms with Gasteiger partial charge < -0.3 is 9.84 Å². The van der Waals surface area contributed by atoms with Gasteiger partial charge in [0.05, 0.1) is 17.7 Å². The second kappa shape index (κ2) is 6.12. The third kappa shape index (κ3) is 4.33.